The smallest absolute Gasteiger partial charge is 0.319 e. The molecule has 2 atom stereocenters. The van der Waals surface area contributed by atoms with E-state index in [4.69, 9.17) is 4.74 Å². The highest BCUT2D eigenvalue weighted by molar-refractivity contribution is 7.85. The van der Waals surface area contributed by atoms with Crippen LogP contribution >= 0.6 is 0 Å². The Morgan fingerprint density at radius 1 is 1.26 bits per heavy atom. The number of carbonyl (C=O) groups excluding carboxylic acids is 2. The zero-order valence-electron chi connectivity index (χ0n) is 13.6. The molecular weight excluding hydrogens is 312 g/mol. The largest absolute Gasteiger partial charge is 0.465 e. The van der Waals surface area contributed by atoms with Crippen LogP contribution in [0.5, 0.6) is 0 Å². The number of ether oxygens (including phenoxy) is 1. The van der Waals surface area contributed by atoms with E-state index < -0.39 is 22.2 Å². The van der Waals surface area contributed by atoms with Crippen LogP contribution in [0, 0.1) is 5.41 Å². The molecule has 0 heterocycles. The second kappa shape index (κ2) is 8.39. The average molecular weight is 336 g/mol. The summed E-state index contributed by atoms with van der Waals surface area (Å²) in [7, 11) is -1.10. The quantitative estimate of drug-likeness (QED) is 0.566. The van der Waals surface area contributed by atoms with Gasteiger partial charge in [0.1, 0.15) is 11.2 Å². The Kier molecular flexibility index (Phi) is 6.51. The Hall–Kier alpha value is -1.49. The first kappa shape index (κ1) is 17.9. The van der Waals surface area contributed by atoms with Crippen molar-refractivity contribution >= 4 is 22.6 Å². The number of esters is 1. The van der Waals surface area contributed by atoms with Crippen molar-refractivity contribution in [2.45, 2.75) is 50.3 Å². The number of Topliss-reactive ketones (excluding diaryl/α,β-unsaturated/α-hetero) is 1. The Balaban J connectivity index is 2.00. The number of ketones is 1. The summed E-state index contributed by atoms with van der Waals surface area (Å²) < 4.78 is 17.4. The Morgan fingerprint density at radius 2 is 2.00 bits per heavy atom. The van der Waals surface area contributed by atoms with Crippen LogP contribution in [0.3, 0.4) is 0 Å². The van der Waals surface area contributed by atoms with Crippen LogP contribution in [0.2, 0.25) is 0 Å². The van der Waals surface area contributed by atoms with Gasteiger partial charge < -0.3 is 4.74 Å². The molecule has 126 valence electrons. The highest BCUT2D eigenvalue weighted by Gasteiger charge is 2.47. The van der Waals surface area contributed by atoms with E-state index in [0.29, 0.717) is 31.4 Å². The maximum Gasteiger partial charge on any atom is 0.319 e. The SMILES string of the molecule is CCOC(=O)C1(CCCS(=O)c2ccccc2)CCCCC1=O. The predicted octanol–water partition coefficient (Wildman–Crippen LogP) is 3.27. The lowest BCUT2D eigenvalue weighted by atomic mass is 9.70. The summed E-state index contributed by atoms with van der Waals surface area (Å²) in [5.41, 5.74) is -1.00. The number of benzene rings is 1. The summed E-state index contributed by atoms with van der Waals surface area (Å²) in [5.74, 6) is 0.0567. The maximum absolute atomic E-state index is 12.4. The Bertz CT molecular complexity index is 570. The van der Waals surface area contributed by atoms with Crippen LogP contribution in [-0.4, -0.2) is 28.3 Å². The van der Waals surface area contributed by atoms with Gasteiger partial charge in [0.15, 0.2) is 0 Å². The standard InChI is InChI=1S/C18H24O4S/c1-2-22-17(20)18(12-7-6-11-16(18)19)13-8-14-23(21)15-9-4-3-5-10-15/h3-5,9-10H,2,6-8,11-14H2,1H3. The molecule has 0 amide bonds. The molecule has 23 heavy (non-hydrogen) atoms. The van der Waals surface area contributed by atoms with Crippen molar-refractivity contribution in [3.05, 3.63) is 30.3 Å². The maximum atomic E-state index is 12.4. The van der Waals surface area contributed by atoms with Crippen molar-refractivity contribution in [1.82, 2.24) is 0 Å². The van der Waals surface area contributed by atoms with Gasteiger partial charge in [-0.05, 0) is 44.7 Å². The van der Waals surface area contributed by atoms with Crippen LogP contribution in [-0.2, 0) is 25.1 Å². The molecule has 0 spiro atoms. The summed E-state index contributed by atoms with van der Waals surface area (Å²) in [6.45, 7) is 2.03. The van der Waals surface area contributed by atoms with E-state index in [2.05, 4.69) is 0 Å². The molecule has 2 rings (SSSR count). The monoisotopic (exact) mass is 336 g/mol. The van der Waals surface area contributed by atoms with Gasteiger partial charge in [-0.15, -0.1) is 0 Å². The molecule has 1 aliphatic carbocycles. The van der Waals surface area contributed by atoms with Crippen molar-refractivity contribution in [3.8, 4) is 0 Å². The Labute approximate surface area is 140 Å². The van der Waals surface area contributed by atoms with E-state index in [-0.39, 0.29) is 12.4 Å². The van der Waals surface area contributed by atoms with Gasteiger partial charge in [0.2, 0.25) is 0 Å². The fraction of sp³-hybridized carbons (Fsp3) is 0.556. The normalized spacial score (nSPS) is 22.6. The van der Waals surface area contributed by atoms with Crippen LogP contribution in [0.1, 0.15) is 45.4 Å². The topological polar surface area (TPSA) is 60.4 Å². The number of carbonyl (C=O) groups is 2. The average Bonchev–Trinajstić information content (AvgIpc) is 2.57. The lowest BCUT2D eigenvalue weighted by Gasteiger charge is -2.33. The minimum absolute atomic E-state index is 0.00677. The second-order valence-corrected chi connectivity index (χ2v) is 7.47. The molecule has 0 aromatic heterocycles. The van der Waals surface area contributed by atoms with Gasteiger partial charge in [0.05, 0.1) is 17.4 Å². The highest BCUT2D eigenvalue weighted by Crippen LogP contribution is 2.39. The molecule has 1 aliphatic rings. The van der Waals surface area contributed by atoms with E-state index >= 15 is 0 Å². The molecule has 1 saturated carbocycles. The summed E-state index contributed by atoms with van der Waals surface area (Å²) in [4.78, 5) is 25.5. The van der Waals surface area contributed by atoms with Crippen molar-refractivity contribution in [1.29, 1.82) is 0 Å². The highest BCUT2D eigenvalue weighted by atomic mass is 32.2. The molecule has 0 saturated heterocycles. The van der Waals surface area contributed by atoms with E-state index in [1.807, 2.05) is 30.3 Å². The van der Waals surface area contributed by atoms with Crippen molar-refractivity contribution < 1.29 is 18.5 Å². The molecule has 0 N–H and O–H groups in total. The van der Waals surface area contributed by atoms with Gasteiger partial charge in [-0.3, -0.25) is 13.8 Å². The van der Waals surface area contributed by atoms with E-state index in [9.17, 15) is 13.8 Å². The van der Waals surface area contributed by atoms with E-state index in [1.165, 1.54) is 0 Å². The number of hydrogen-bond acceptors (Lipinski definition) is 4. The van der Waals surface area contributed by atoms with Crippen molar-refractivity contribution in [3.63, 3.8) is 0 Å². The van der Waals surface area contributed by atoms with E-state index in [0.717, 1.165) is 17.7 Å². The first-order valence-electron chi connectivity index (χ1n) is 8.24. The number of hydrogen-bond donors (Lipinski definition) is 0. The van der Waals surface area contributed by atoms with E-state index in [1.54, 1.807) is 6.92 Å². The third kappa shape index (κ3) is 4.28. The van der Waals surface area contributed by atoms with Gasteiger partial charge in [-0.2, -0.15) is 0 Å². The van der Waals surface area contributed by atoms with Gasteiger partial charge in [0.25, 0.3) is 0 Å². The van der Waals surface area contributed by atoms with Crippen LogP contribution in [0.15, 0.2) is 35.2 Å². The molecule has 1 fully saturated rings. The third-order valence-electron chi connectivity index (χ3n) is 4.40. The fourth-order valence-corrected chi connectivity index (χ4v) is 4.24. The van der Waals surface area contributed by atoms with Crippen LogP contribution in [0.25, 0.3) is 0 Å². The Morgan fingerprint density at radius 3 is 2.65 bits per heavy atom. The summed E-state index contributed by atoms with van der Waals surface area (Å²) in [6.07, 6.45) is 3.72. The van der Waals surface area contributed by atoms with Gasteiger partial charge >= 0.3 is 5.97 Å². The fourth-order valence-electron chi connectivity index (χ4n) is 3.14. The molecule has 2 unspecified atom stereocenters. The molecule has 0 aliphatic heterocycles. The summed E-state index contributed by atoms with van der Waals surface area (Å²) in [5, 5.41) is 0. The zero-order valence-corrected chi connectivity index (χ0v) is 14.4. The first-order valence-corrected chi connectivity index (χ1v) is 9.56. The molecule has 4 nitrogen and oxygen atoms in total. The predicted molar refractivity (Wildman–Crippen MR) is 89.5 cm³/mol. The molecular formula is C18H24O4S. The zero-order chi connectivity index (χ0) is 16.7. The first-order chi connectivity index (χ1) is 11.1. The molecule has 0 radical (unpaired) electrons. The van der Waals surface area contributed by atoms with Crippen LogP contribution < -0.4 is 0 Å². The molecule has 1 aromatic rings. The van der Waals surface area contributed by atoms with Crippen LogP contribution in [0.4, 0.5) is 0 Å². The van der Waals surface area contributed by atoms with Gasteiger partial charge in [-0.1, -0.05) is 24.6 Å². The minimum atomic E-state index is -1.10. The summed E-state index contributed by atoms with van der Waals surface area (Å²) in [6, 6.07) is 9.28. The molecule has 5 heteroatoms. The summed E-state index contributed by atoms with van der Waals surface area (Å²) >= 11 is 0. The second-order valence-electron chi connectivity index (χ2n) is 5.90. The van der Waals surface area contributed by atoms with Crippen molar-refractivity contribution in [2.24, 2.45) is 5.41 Å². The van der Waals surface area contributed by atoms with Crippen molar-refractivity contribution in [2.75, 3.05) is 12.4 Å². The van der Waals surface area contributed by atoms with Gasteiger partial charge in [0, 0.05) is 17.1 Å². The minimum Gasteiger partial charge on any atom is -0.465 e. The molecule has 1 aromatic carbocycles. The third-order valence-corrected chi connectivity index (χ3v) is 5.85. The van der Waals surface area contributed by atoms with Gasteiger partial charge in [-0.25, -0.2) is 0 Å². The molecule has 0 bridgehead atoms. The number of rotatable bonds is 7. The lowest BCUT2D eigenvalue weighted by molar-refractivity contribution is -0.162. The lowest BCUT2D eigenvalue weighted by Crippen LogP contribution is -2.43.